The van der Waals surface area contributed by atoms with Gasteiger partial charge in [-0.05, 0) is 47.0 Å². The van der Waals surface area contributed by atoms with Crippen LogP contribution in [0.2, 0.25) is 5.02 Å². The molecule has 0 fully saturated rings. The highest BCUT2D eigenvalue weighted by atomic mass is 35.5. The molecule has 7 heteroatoms. The minimum absolute atomic E-state index is 0.212. The van der Waals surface area contributed by atoms with Gasteiger partial charge >= 0.3 is 5.97 Å². The van der Waals surface area contributed by atoms with Crippen LogP contribution < -0.4 is 18.9 Å². The van der Waals surface area contributed by atoms with Gasteiger partial charge in [0.15, 0.2) is 11.5 Å². The number of carbonyl (C=O) groups is 1. The maximum absolute atomic E-state index is 11.2. The van der Waals surface area contributed by atoms with Crippen molar-refractivity contribution in [2.24, 2.45) is 0 Å². The molecule has 1 N–H and O–H groups in total. The molecule has 162 valence electrons. The minimum Gasteiger partial charge on any atom is -0.497 e. The van der Waals surface area contributed by atoms with E-state index in [1.54, 1.807) is 26.4 Å². The Bertz CT molecular complexity index is 1020. The highest BCUT2D eigenvalue weighted by molar-refractivity contribution is 6.33. The molecule has 0 amide bonds. The molecule has 3 aromatic rings. The van der Waals surface area contributed by atoms with Gasteiger partial charge in [-0.1, -0.05) is 41.9 Å². The van der Waals surface area contributed by atoms with Crippen LogP contribution in [-0.2, 0) is 24.4 Å². The van der Waals surface area contributed by atoms with Gasteiger partial charge in [-0.25, -0.2) is 0 Å². The topological polar surface area (TPSA) is 74.2 Å². The monoisotopic (exact) mass is 442 g/mol. The number of aliphatic carboxylic acids is 1. The molecule has 0 aliphatic carbocycles. The van der Waals surface area contributed by atoms with Crippen molar-refractivity contribution >= 4 is 17.6 Å². The number of hydrogen-bond donors (Lipinski definition) is 1. The summed E-state index contributed by atoms with van der Waals surface area (Å²) in [7, 11) is 3.21. The molecule has 6 nitrogen and oxygen atoms in total. The van der Waals surface area contributed by atoms with E-state index in [1.165, 1.54) is 0 Å². The largest absolute Gasteiger partial charge is 0.497 e. The molecule has 0 aromatic heterocycles. The fourth-order valence-corrected chi connectivity index (χ4v) is 3.16. The lowest BCUT2D eigenvalue weighted by Gasteiger charge is -2.16. The zero-order chi connectivity index (χ0) is 22.2. The third-order valence-corrected chi connectivity index (χ3v) is 4.99. The van der Waals surface area contributed by atoms with E-state index in [4.69, 9.17) is 35.7 Å². The lowest BCUT2D eigenvalue weighted by molar-refractivity contribution is -0.136. The normalized spacial score (nSPS) is 10.4. The van der Waals surface area contributed by atoms with Crippen LogP contribution in [0.5, 0.6) is 23.0 Å². The van der Waals surface area contributed by atoms with Gasteiger partial charge in [0.25, 0.3) is 0 Å². The number of hydrogen-bond acceptors (Lipinski definition) is 5. The van der Waals surface area contributed by atoms with Crippen LogP contribution in [0.1, 0.15) is 16.7 Å². The molecule has 0 atom stereocenters. The highest BCUT2D eigenvalue weighted by Crippen LogP contribution is 2.39. The molecule has 31 heavy (non-hydrogen) atoms. The summed E-state index contributed by atoms with van der Waals surface area (Å²) < 4.78 is 22.2. The molecule has 3 aromatic carbocycles. The van der Waals surface area contributed by atoms with Crippen molar-refractivity contribution in [3.05, 3.63) is 82.4 Å². The van der Waals surface area contributed by atoms with Gasteiger partial charge in [-0.15, -0.1) is 0 Å². The first-order valence-electron chi connectivity index (χ1n) is 9.54. The van der Waals surface area contributed by atoms with E-state index in [-0.39, 0.29) is 24.7 Å². The Labute approximate surface area is 185 Å². The molecular formula is C24H23ClO6. The molecule has 0 saturated carbocycles. The number of carboxylic acid groups (broad SMARTS) is 1. The van der Waals surface area contributed by atoms with E-state index in [0.717, 1.165) is 22.6 Å². The second-order valence-electron chi connectivity index (χ2n) is 6.71. The van der Waals surface area contributed by atoms with Crippen LogP contribution in [0.4, 0.5) is 0 Å². The van der Waals surface area contributed by atoms with Crippen molar-refractivity contribution in [3.63, 3.8) is 0 Å². The fraction of sp³-hybridized carbons (Fsp3) is 0.208. The molecule has 0 unspecified atom stereocenters. The van der Waals surface area contributed by atoms with Crippen LogP contribution in [0.25, 0.3) is 0 Å². The standard InChI is InChI=1S/C24H23ClO6/c1-28-19-8-3-16(4-9-19)14-30-21-12-7-18(13-22(26)27)23(25)24(21)31-15-17-5-10-20(29-2)11-6-17/h3-12H,13-15H2,1-2H3,(H,26,27). The van der Waals surface area contributed by atoms with Crippen LogP contribution in [0.3, 0.4) is 0 Å². The predicted molar refractivity (Wildman–Crippen MR) is 117 cm³/mol. The van der Waals surface area contributed by atoms with Crippen molar-refractivity contribution in [2.75, 3.05) is 14.2 Å². The van der Waals surface area contributed by atoms with Crippen molar-refractivity contribution in [3.8, 4) is 23.0 Å². The van der Waals surface area contributed by atoms with Gasteiger partial charge in [-0.2, -0.15) is 0 Å². The highest BCUT2D eigenvalue weighted by Gasteiger charge is 2.17. The summed E-state index contributed by atoms with van der Waals surface area (Å²) in [5, 5.41) is 9.38. The van der Waals surface area contributed by atoms with Crippen molar-refractivity contribution in [1.82, 2.24) is 0 Å². The van der Waals surface area contributed by atoms with Gasteiger partial charge in [0.05, 0.1) is 25.7 Å². The summed E-state index contributed by atoms with van der Waals surface area (Å²) in [6.07, 6.45) is -0.212. The summed E-state index contributed by atoms with van der Waals surface area (Å²) in [4.78, 5) is 11.2. The smallest absolute Gasteiger partial charge is 0.307 e. The number of benzene rings is 3. The summed E-state index contributed by atoms with van der Waals surface area (Å²) >= 11 is 6.49. The fourth-order valence-electron chi connectivity index (χ4n) is 2.89. The first-order valence-corrected chi connectivity index (χ1v) is 9.92. The third kappa shape index (κ3) is 6.06. The SMILES string of the molecule is COc1ccc(COc2ccc(CC(=O)O)c(Cl)c2OCc2ccc(OC)cc2)cc1. The Morgan fingerprint density at radius 3 is 1.81 bits per heavy atom. The Morgan fingerprint density at radius 2 is 1.32 bits per heavy atom. The van der Waals surface area contributed by atoms with Gasteiger partial charge in [-0.3, -0.25) is 4.79 Å². The first kappa shape index (κ1) is 22.3. The van der Waals surface area contributed by atoms with Crippen molar-refractivity contribution in [1.29, 1.82) is 0 Å². The second-order valence-corrected chi connectivity index (χ2v) is 7.09. The quantitative estimate of drug-likeness (QED) is 0.468. The van der Waals surface area contributed by atoms with E-state index in [2.05, 4.69) is 0 Å². The van der Waals surface area contributed by atoms with E-state index in [0.29, 0.717) is 17.1 Å². The lowest BCUT2D eigenvalue weighted by Crippen LogP contribution is -2.05. The number of halogens is 1. The van der Waals surface area contributed by atoms with E-state index < -0.39 is 5.97 Å². The van der Waals surface area contributed by atoms with Gasteiger partial charge in [0.2, 0.25) is 0 Å². The number of methoxy groups -OCH3 is 2. The Balaban J connectivity index is 1.80. The average Bonchev–Trinajstić information content (AvgIpc) is 2.79. The Hall–Kier alpha value is -3.38. The molecular weight excluding hydrogens is 420 g/mol. The molecule has 0 heterocycles. The molecule has 0 spiro atoms. The molecule has 0 saturated heterocycles. The number of ether oxygens (including phenoxy) is 4. The molecule has 3 rings (SSSR count). The van der Waals surface area contributed by atoms with E-state index in [9.17, 15) is 4.79 Å². The van der Waals surface area contributed by atoms with Crippen molar-refractivity contribution < 1.29 is 28.8 Å². The minimum atomic E-state index is -0.977. The summed E-state index contributed by atoms with van der Waals surface area (Å²) in [5.74, 6) is 1.27. The van der Waals surface area contributed by atoms with Crippen LogP contribution >= 0.6 is 11.6 Å². The number of rotatable bonds is 10. The molecule has 0 radical (unpaired) electrons. The summed E-state index contributed by atoms with van der Waals surface area (Å²) in [6.45, 7) is 0.524. The maximum Gasteiger partial charge on any atom is 0.307 e. The molecule has 0 bridgehead atoms. The van der Waals surface area contributed by atoms with Crippen LogP contribution in [0.15, 0.2) is 60.7 Å². The Morgan fingerprint density at radius 1 is 0.806 bits per heavy atom. The second kappa shape index (κ2) is 10.6. The molecule has 0 aliphatic heterocycles. The maximum atomic E-state index is 11.2. The van der Waals surface area contributed by atoms with E-state index in [1.807, 2.05) is 48.5 Å². The Kier molecular flexibility index (Phi) is 7.62. The number of carboxylic acids is 1. The zero-order valence-electron chi connectivity index (χ0n) is 17.3. The third-order valence-electron chi connectivity index (χ3n) is 4.58. The predicted octanol–water partition coefficient (Wildman–Crippen LogP) is 5.14. The van der Waals surface area contributed by atoms with Crippen molar-refractivity contribution in [2.45, 2.75) is 19.6 Å². The molecule has 0 aliphatic rings. The first-order chi connectivity index (χ1) is 15.0. The van der Waals surface area contributed by atoms with Crippen LogP contribution in [-0.4, -0.2) is 25.3 Å². The summed E-state index contributed by atoms with van der Waals surface area (Å²) in [6, 6.07) is 18.2. The summed E-state index contributed by atoms with van der Waals surface area (Å²) in [5.41, 5.74) is 2.30. The van der Waals surface area contributed by atoms with Gasteiger partial charge in [0.1, 0.15) is 24.7 Å². The average molecular weight is 443 g/mol. The van der Waals surface area contributed by atoms with Gasteiger partial charge < -0.3 is 24.1 Å². The van der Waals surface area contributed by atoms with E-state index >= 15 is 0 Å². The lowest BCUT2D eigenvalue weighted by atomic mass is 10.1. The zero-order valence-corrected chi connectivity index (χ0v) is 18.0. The van der Waals surface area contributed by atoms with Gasteiger partial charge in [0, 0.05) is 0 Å². The van der Waals surface area contributed by atoms with Crippen LogP contribution in [0, 0.1) is 0 Å².